The molecule has 0 aliphatic rings. The van der Waals surface area contributed by atoms with Crippen molar-refractivity contribution in [2.75, 3.05) is 5.32 Å². The predicted molar refractivity (Wildman–Crippen MR) is 61.9 cm³/mol. The van der Waals surface area contributed by atoms with E-state index in [0.717, 1.165) is 4.70 Å². The smallest absolute Gasteiger partial charge is 0.239 e. The summed E-state index contributed by atoms with van der Waals surface area (Å²) in [7, 11) is 0. The molecule has 0 spiro atoms. The number of aromatic nitrogens is 1. The first kappa shape index (κ1) is 10.8. The van der Waals surface area contributed by atoms with Gasteiger partial charge in [-0.05, 0) is 25.1 Å². The number of rotatable bonds is 3. The van der Waals surface area contributed by atoms with Crippen molar-refractivity contribution >= 4 is 32.6 Å². The maximum Gasteiger partial charge on any atom is 0.239 e. The quantitative estimate of drug-likeness (QED) is 0.857. The van der Waals surface area contributed by atoms with Crippen LogP contribution in [0, 0.1) is 5.82 Å². The summed E-state index contributed by atoms with van der Waals surface area (Å²) >= 11 is 1.29. The monoisotopic (exact) mass is 239 g/mol. The van der Waals surface area contributed by atoms with Crippen molar-refractivity contribution < 1.29 is 9.18 Å². The highest BCUT2D eigenvalue weighted by molar-refractivity contribution is 7.22. The Balaban J connectivity index is 2.29. The summed E-state index contributed by atoms with van der Waals surface area (Å²) in [6.45, 7) is 1.65. The van der Waals surface area contributed by atoms with E-state index in [1.165, 1.54) is 23.5 Å². The van der Waals surface area contributed by atoms with E-state index in [1.807, 2.05) is 0 Å². The van der Waals surface area contributed by atoms with Crippen LogP contribution in [0.15, 0.2) is 18.2 Å². The van der Waals surface area contributed by atoms with Gasteiger partial charge in [0.15, 0.2) is 5.13 Å². The molecule has 1 amide bonds. The number of benzene rings is 1. The topological polar surface area (TPSA) is 68.0 Å². The number of fused-ring (bicyclic) bond motifs is 1. The maximum atomic E-state index is 12.9. The van der Waals surface area contributed by atoms with Crippen LogP contribution in [0.25, 0.3) is 10.2 Å². The summed E-state index contributed by atoms with van der Waals surface area (Å²) in [5, 5.41) is 3.42. The van der Waals surface area contributed by atoms with Crippen molar-refractivity contribution in [2.45, 2.75) is 13.0 Å². The molecule has 6 heteroatoms. The van der Waals surface area contributed by atoms with Crippen LogP contribution in [-0.4, -0.2) is 16.9 Å². The molecular formula is C10H10FN3OS. The summed E-state index contributed by atoms with van der Waals surface area (Å²) in [5.74, 6) is -0.754. The highest BCUT2D eigenvalue weighted by Crippen LogP contribution is 2.26. The zero-order valence-electron chi connectivity index (χ0n) is 8.53. The van der Waals surface area contributed by atoms with Gasteiger partial charge in [-0.2, -0.15) is 0 Å². The Kier molecular flexibility index (Phi) is 2.74. The van der Waals surface area contributed by atoms with E-state index in [-0.39, 0.29) is 5.82 Å². The summed E-state index contributed by atoms with van der Waals surface area (Å²) in [4.78, 5) is 15.1. The van der Waals surface area contributed by atoms with Gasteiger partial charge in [-0.15, -0.1) is 0 Å². The van der Waals surface area contributed by atoms with E-state index in [1.54, 1.807) is 13.0 Å². The number of nitrogens with one attached hydrogen (secondary N) is 1. The van der Waals surface area contributed by atoms with Gasteiger partial charge in [0.1, 0.15) is 11.9 Å². The van der Waals surface area contributed by atoms with Crippen LogP contribution < -0.4 is 11.1 Å². The third-order valence-corrected chi connectivity index (χ3v) is 3.07. The lowest BCUT2D eigenvalue weighted by Crippen LogP contribution is -2.32. The highest BCUT2D eigenvalue weighted by Gasteiger charge is 2.11. The first-order valence-corrected chi connectivity index (χ1v) is 5.50. The number of nitrogens with zero attached hydrogens (tertiary/aromatic N) is 1. The number of primary amides is 1. The molecule has 0 aliphatic carbocycles. The molecule has 1 heterocycles. The molecule has 1 unspecified atom stereocenters. The number of hydrogen-bond donors (Lipinski definition) is 2. The number of amides is 1. The molecule has 16 heavy (non-hydrogen) atoms. The zero-order valence-corrected chi connectivity index (χ0v) is 9.34. The largest absolute Gasteiger partial charge is 0.368 e. The van der Waals surface area contributed by atoms with Crippen LogP contribution >= 0.6 is 11.3 Å². The molecule has 3 N–H and O–H groups in total. The van der Waals surface area contributed by atoms with Crippen molar-refractivity contribution in [3.63, 3.8) is 0 Å². The van der Waals surface area contributed by atoms with Gasteiger partial charge in [0, 0.05) is 0 Å². The molecule has 2 rings (SSSR count). The van der Waals surface area contributed by atoms with Crippen LogP contribution in [0.2, 0.25) is 0 Å². The van der Waals surface area contributed by atoms with Gasteiger partial charge in [-0.1, -0.05) is 11.3 Å². The van der Waals surface area contributed by atoms with Crippen LogP contribution in [0.5, 0.6) is 0 Å². The van der Waals surface area contributed by atoms with E-state index in [4.69, 9.17) is 5.73 Å². The van der Waals surface area contributed by atoms with Crippen molar-refractivity contribution in [1.29, 1.82) is 0 Å². The van der Waals surface area contributed by atoms with Crippen molar-refractivity contribution in [1.82, 2.24) is 4.98 Å². The Morgan fingerprint density at radius 2 is 2.38 bits per heavy atom. The van der Waals surface area contributed by atoms with Gasteiger partial charge in [0.2, 0.25) is 5.91 Å². The lowest BCUT2D eigenvalue weighted by molar-refractivity contribution is -0.118. The molecule has 1 aromatic carbocycles. The summed E-state index contributed by atoms with van der Waals surface area (Å²) in [5.41, 5.74) is 5.82. The van der Waals surface area contributed by atoms with E-state index >= 15 is 0 Å². The minimum absolute atomic E-state index is 0.300. The molecule has 84 valence electrons. The average molecular weight is 239 g/mol. The van der Waals surface area contributed by atoms with Crippen LogP contribution in [0.4, 0.5) is 9.52 Å². The molecule has 2 aromatic rings. The second-order valence-electron chi connectivity index (χ2n) is 3.40. The van der Waals surface area contributed by atoms with Crippen LogP contribution in [-0.2, 0) is 4.79 Å². The summed E-state index contributed by atoms with van der Waals surface area (Å²) in [6.07, 6.45) is 0. The first-order valence-electron chi connectivity index (χ1n) is 4.68. The lowest BCUT2D eigenvalue weighted by Gasteiger charge is -2.06. The third-order valence-electron chi connectivity index (χ3n) is 2.12. The number of thiazole rings is 1. The van der Waals surface area contributed by atoms with Gasteiger partial charge < -0.3 is 11.1 Å². The predicted octanol–water partition coefficient (Wildman–Crippen LogP) is 1.72. The number of nitrogens with two attached hydrogens (primary N) is 1. The normalized spacial score (nSPS) is 12.6. The maximum absolute atomic E-state index is 12.9. The minimum atomic E-state index is -0.495. The Morgan fingerprint density at radius 3 is 3.06 bits per heavy atom. The number of halogens is 1. The fourth-order valence-electron chi connectivity index (χ4n) is 1.22. The molecule has 0 radical (unpaired) electrons. The minimum Gasteiger partial charge on any atom is -0.368 e. The van der Waals surface area contributed by atoms with Crippen molar-refractivity contribution in [3.8, 4) is 0 Å². The van der Waals surface area contributed by atoms with Crippen LogP contribution in [0.3, 0.4) is 0 Å². The Hall–Kier alpha value is -1.69. The molecule has 0 fully saturated rings. The Labute approximate surface area is 95.3 Å². The second kappa shape index (κ2) is 4.05. The Morgan fingerprint density at radius 1 is 1.62 bits per heavy atom. The molecule has 0 saturated heterocycles. The number of hydrogen-bond acceptors (Lipinski definition) is 4. The first-order chi connectivity index (χ1) is 7.56. The fraction of sp³-hybridized carbons (Fsp3) is 0.200. The van der Waals surface area contributed by atoms with Crippen molar-refractivity contribution in [3.05, 3.63) is 24.0 Å². The van der Waals surface area contributed by atoms with Gasteiger partial charge in [0.25, 0.3) is 0 Å². The molecule has 0 saturated carbocycles. The van der Waals surface area contributed by atoms with E-state index in [9.17, 15) is 9.18 Å². The SMILES string of the molecule is CC(Nc1nc2ccc(F)cc2s1)C(N)=O. The lowest BCUT2D eigenvalue weighted by atomic mass is 10.3. The van der Waals surface area contributed by atoms with Crippen molar-refractivity contribution in [2.24, 2.45) is 5.73 Å². The fourth-order valence-corrected chi connectivity index (χ4v) is 2.19. The van der Waals surface area contributed by atoms with Gasteiger partial charge in [-0.25, -0.2) is 9.37 Å². The molecule has 0 bridgehead atoms. The van der Waals surface area contributed by atoms with Gasteiger partial charge >= 0.3 is 0 Å². The highest BCUT2D eigenvalue weighted by atomic mass is 32.1. The Bertz CT molecular complexity index is 540. The number of anilines is 1. The molecule has 1 atom stereocenters. The number of carbonyl (C=O) groups excluding carboxylic acids is 1. The standard InChI is InChI=1S/C10H10FN3OS/c1-5(9(12)15)13-10-14-7-3-2-6(11)4-8(7)16-10/h2-5H,1H3,(H2,12,15)(H,13,14). The summed E-state index contributed by atoms with van der Waals surface area (Å²) < 4.78 is 13.7. The van der Waals surface area contributed by atoms with E-state index < -0.39 is 11.9 Å². The second-order valence-corrected chi connectivity index (χ2v) is 4.43. The van der Waals surface area contributed by atoms with Crippen LogP contribution in [0.1, 0.15) is 6.92 Å². The zero-order chi connectivity index (χ0) is 11.7. The van der Waals surface area contributed by atoms with E-state index in [0.29, 0.717) is 10.6 Å². The van der Waals surface area contributed by atoms with Gasteiger partial charge in [0.05, 0.1) is 10.2 Å². The van der Waals surface area contributed by atoms with E-state index in [2.05, 4.69) is 10.3 Å². The van der Waals surface area contributed by atoms with Gasteiger partial charge in [-0.3, -0.25) is 4.79 Å². The molecule has 1 aromatic heterocycles. The third kappa shape index (κ3) is 2.11. The number of carbonyl (C=O) groups is 1. The molecule has 0 aliphatic heterocycles. The molecular weight excluding hydrogens is 229 g/mol. The molecule has 4 nitrogen and oxygen atoms in total. The average Bonchev–Trinajstić information content (AvgIpc) is 2.58. The summed E-state index contributed by atoms with van der Waals surface area (Å²) in [6, 6.07) is 3.86.